The van der Waals surface area contributed by atoms with Crippen molar-refractivity contribution in [3.8, 4) is 11.4 Å². The second-order valence-electron chi connectivity index (χ2n) is 6.78. The van der Waals surface area contributed by atoms with Gasteiger partial charge in [0.15, 0.2) is 0 Å². The maximum Gasteiger partial charge on any atom is 0.251 e. The molecule has 1 unspecified atom stereocenters. The number of rotatable bonds is 7. The van der Waals surface area contributed by atoms with Gasteiger partial charge in [-0.1, -0.05) is 30.7 Å². The Balaban J connectivity index is 1.72. The standard InChI is InChI=1S/C21H24ClN5O/c1-4-17-11-20(28)26-21(25-17)15-7-10-19(23-12-15)24-13-18(27(2)3)14-5-8-16(22)9-6-14/h5-12,18H,4,13H2,1-3H3,(H,23,24)(H,25,26,28). The first-order valence-corrected chi connectivity index (χ1v) is 9.56. The number of likely N-dealkylation sites (N-methyl/N-ethyl adjacent to an activating group) is 1. The van der Waals surface area contributed by atoms with Crippen LogP contribution < -0.4 is 10.9 Å². The van der Waals surface area contributed by atoms with Crippen molar-refractivity contribution in [2.75, 3.05) is 26.0 Å². The fraction of sp³-hybridized carbons (Fsp3) is 0.286. The zero-order valence-corrected chi connectivity index (χ0v) is 17.0. The number of aryl methyl sites for hydroxylation is 1. The molecule has 0 bridgehead atoms. The number of halogens is 1. The van der Waals surface area contributed by atoms with E-state index in [4.69, 9.17) is 11.6 Å². The van der Waals surface area contributed by atoms with E-state index in [1.807, 2.05) is 57.4 Å². The molecule has 0 amide bonds. The summed E-state index contributed by atoms with van der Waals surface area (Å²) in [5.41, 5.74) is 2.56. The van der Waals surface area contributed by atoms with E-state index < -0.39 is 0 Å². The van der Waals surface area contributed by atoms with Crippen LogP contribution in [0.1, 0.15) is 24.2 Å². The van der Waals surface area contributed by atoms with Gasteiger partial charge >= 0.3 is 0 Å². The predicted octanol–water partition coefficient (Wildman–Crippen LogP) is 3.76. The highest BCUT2D eigenvalue weighted by Gasteiger charge is 2.14. The first-order valence-electron chi connectivity index (χ1n) is 9.18. The van der Waals surface area contributed by atoms with Crippen molar-refractivity contribution in [2.24, 2.45) is 0 Å². The highest BCUT2D eigenvalue weighted by atomic mass is 35.5. The molecule has 0 radical (unpaired) electrons. The third-order valence-electron chi connectivity index (χ3n) is 4.55. The summed E-state index contributed by atoms with van der Waals surface area (Å²) in [7, 11) is 4.08. The van der Waals surface area contributed by atoms with E-state index in [-0.39, 0.29) is 11.6 Å². The van der Waals surface area contributed by atoms with Gasteiger partial charge in [0.1, 0.15) is 11.6 Å². The van der Waals surface area contributed by atoms with Crippen molar-refractivity contribution in [3.05, 3.63) is 75.3 Å². The maximum absolute atomic E-state index is 11.8. The molecule has 1 aromatic carbocycles. The minimum atomic E-state index is -0.152. The van der Waals surface area contributed by atoms with Gasteiger partial charge in [-0.05, 0) is 50.3 Å². The van der Waals surface area contributed by atoms with Gasteiger partial charge in [-0.3, -0.25) is 4.79 Å². The lowest BCUT2D eigenvalue weighted by Gasteiger charge is -2.25. The van der Waals surface area contributed by atoms with Gasteiger partial charge in [0.05, 0.1) is 6.04 Å². The molecule has 6 nitrogen and oxygen atoms in total. The molecule has 0 spiro atoms. The molecule has 0 aliphatic carbocycles. The molecule has 0 saturated carbocycles. The Morgan fingerprint density at radius 3 is 2.54 bits per heavy atom. The number of pyridine rings is 1. The minimum absolute atomic E-state index is 0.152. The predicted molar refractivity (Wildman–Crippen MR) is 114 cm³/mol. The summed E-state index contributed by atoms with van der Waals surface area (Å²) in [6.07, 6.45) is 2.42. The van der Waals surface area contributed by atoms with Crippen molar-refractivity contribution in [1.29, 1.82) is 0 Å². The average molecular weight is 398 g/mol. The van der Waals surface area contributed by atoms with Crippen LogP contribution in [0.2, 0.25) is 5.02 Å². The molecule has 0 saturated heterocycles. The number of hydrogen-bond acceptors (Lipinski definition) is 5. The molecule has 2 N–H and O–H groups in total. The van der Waals surface area contributed by atoms with E-state index in [1.165, 1.54) is 11.6 Å². The van der Waals surface area contributed by atoms with Gasteiger partial charge in [0.2, 0.25) is 0 Å². The van der Waals surface area contributed by atoms with E-state index in [0.29, 0.717) is 18.8 Å². The van der Waals surface area contributed by atoms with Crippen LogP contribution in [-0.2, 0) is 6.42 Å². The number of nitrogens with zero attached hydrogens (tertiary/aromatic N) is 3. The molecule has 2 heterocycles. The molecule has 0 aliphatic heterocycles. The summed E-state index contributed by atoms with van der Waals surface area (Å²) >= 11 is 6.00. The van der Waals surface area contributed by atoms with E-state index in [2.05, 4.69) is 25.2 Å². The summed E-state index contributed by atoms with van der Waals surface area (Å²) in [4.78, 5) is 25.6. The van der Waals surface area contributed by atoms with Crippen molar-refractivity contribution in [3.63, 3.8) is 0 Å². The smallest absolute Gasteiger partial charge is 0.251 e. The molecule has 3 aromatic rings. The van der Waals surface area contributed by atoms with E-state index in [1.54, 1.807) is 6.20 Å². The topological polar surface area (TPSA) is 73.9 Å². The largest absolute Gasteiger partial charge is 0.368 e. The Labute approximate surface area is 169 Å². The van der Waals surface area contributed by atoms with Crippen LogP contribution in [0, 0.1) is 0 Å². The molecular weight excluding hydrogens is 374 g/mol. The van der Waals surface area contributed by atoms with Crippen molar-refractivity contribution in [2.45, 2.75) is 19.4 Å². The van der Waals surface area contributed by atoms with Gasteiger partial charge in [-0.25, -0.2) is 9.97 Å². The number of aromatic amines is 1. The third kappa shape index (κ3) is 4.97. The molecular formula is C21H24ClN5O. The number of anilines is 1. The quantitative estimate of drug-likeness (QED) is 0.635. The van der Waals surface area contributed by atoms with Crippen molar-refractivity contribution >= 4 is 17.4 Å². The number of benzene rings is 1. The van der Waals surface area contributed by atoms with E-state index in [0.717, 1.165) is 22.1 Å². The molecule has 3 rings (SSSR count). The lowest BCUT2D eigenvalue weighted by molar-refractivity contribution is 0.311. The summed E-state index contributed by atoms with van der Waals surface area (Å²) < 4.78 is 0. The molecule has 1 atom stereocenters. The second kappa shape index (κ2) is 8.99. The maximum atomic E-state index is 11.8. The number of aromatic nitrogens is 3. The Kier molecular flexibility index (Phi) is 6.44. The molecule has 2 aromatic heterocycles. The number of H-pyrrole nitrogens is 1. The Morgan fingerprint density at radius 2 is 1.93 bits per heavy atom. The summed E-state index contributed by atoms with van der Waals surface area (Å²) in [6, 6.07) is 13.4. The van der Waals surface area contributed by atoms with Crippen molar-refractivity contribution in [1.82, 2.24) is 19.9 Å². The van der Waals surface area contributed by atoms with Crippen LogP contribution in [0.4, 0.5) is 5.82 Å². The van der Waals surface area contributed by atoms with Gasteiger partial charge < -0.3 is 15.2 Å². The number of nitrogens with one attached hydrogen (secondary N) is 2. The van der Waals surface area contributed by atoms with Gasteiger partial charge in [0, 0.05) is 35.1 Å². The zero-order chi connectivity index (χ0) is 20.1. The molecule has 0 fully saturated rings. The molecule has 146 valence electrons. The molecule has 0 aliphatic rings. The first-order chi connectivity index (χ1) is 13.5. The van der Waals surface area contributed by atoms with E-state index in [9.17, 15) is 4.79 Å². The van der Waals surface area contributed by atoms with Gasteiger partial charge in [-0.15, -0.1) is 0 Å². The monoisotopic (exact) mass is 397 g/mol. The minimum Gasteiger partial charge on any atom is -0.368 e. The van der Waals surface area contributed by atoms with Gasteiger partial charge in [-0.2, -0.15) is 0 Å². The normalized spacial score (nSPS) is 12.2. The van der Waals surface area contributed by atoms with Crippen LogP contribution in [0.3, 0.4) is 0 Å². The highest BCUT2D eigenvalue weighted by molar-refractivity contribution is 6.30. The second-order valence-corrected chi connectivity index (χ2v) is 7.22. The summed E-state index contributed by atoms with van der Waals surface area (Å²) in [5.74, 6) is 1.30. The first kappa shape index (κ1) is 20.0. The van der Waals surface area contributed by atoms with Crippen LogP contribution in [0.5, 0.6) is 0 Å². The Bertz CT molecular complexity index is 967. The Hall–Kier alpha value is -2.70. The lowest BCUT2D eigenvalue weighted by Crippen LogP contribution is -2.27. The average Bonchev–Trinajstić information content (AvgIpc) is 2.69. The van der Waals surface area contributed by atoms with Crippen LogP contribution in [0.15, 0.2) is 53.5 Å². The lowest BCUT2D eigenvalue weighted by atomic mass is 10.1. The summed E-state index contributed by atoms with van der Waals surface area (Å²) in [6.45, 7) is 2.67. The number of hydrogen-bond donors (Lipinski definition) is 2. The third-order valence-corrected chi connectivity index (χ3v) is 4.80. The Morgan fingerprint density at radius 1 is 1.18 bits per heavy atom. The summed E-state index contributed by atoms with van der Waals surface area (Å²) in [5, 5.41) is 4.10. The van der Waals surface area contributed by atoms with Crippen LogP contribution in [0.25, 0.3) is 11.4 Å². The fourth-order valence-corrected chi connectivity index (χ4v) is 3.08. The highest BCUT2D eigenvalue weighted by Crippen LogP contribution is 2.21. The van der Waals surface area contributed by atoms with E-state index >= 15 is 0 Å². The van der Waals surface area contributed by atoms with Crippen molar-refractivity contribution < 1.29 is 0 Å². The molecule has 7 heteroatoms. The van der Waals surface area contributed by atoms with Gasteiger partial charge in [0.25, 0.3) is 5.56 Å². The zero-order valence-electron chi connectivity index (χ0n) is 16.2. The van der Waals surface area contributed by atoms with Crippen LogP contribution in [-0.4, -0.2) is 40.5 Å². The van der Waals surface area contributed by atoms with Crippen LogP contribution >= 0.6 is 11.6 Å². The molecule has 28 heavy (non-hydrogen) atoms. The fourth-order valence-electron chi connectivity index (χ4n) is 2.95. The SMILES string of the molecule is CCc1cc(=O)[nH]c(-c2ccc(NCC(c3ccc(Cl)cc3)N(C)C)nc2)n1.